The van der Waals surface area contributed by atoms with Crippen LogP contribution in [0.25, 0.3) is 6.08 Å². The first-order valence-corrected chi connectivity index (χ1v) is 9.55. The number of nitrogens with zero attached hydrogens (tertiary/aromatic N) is 1. The lowest BCUT2D eigenvalue weighted by Gasteiger charge is -2.12. The largest absolute Gasteiger partial charge is 0.493 e. The van der Waals surface area contributed by atoms with Crippen LogP contribution in [0.5, 0.6) is 11.5 Å². The number of nitriles is 1. The first-order chi connectivity index (χ1) is 13.4. The minimum absolute atomic E-state index is 0.0911. The number of benzene rings is 2. The Labute approximate surface area is 186 Å². The molecular formula is C20H13Cl2IN2O3. The van der Waals surface area contributed by atoms with Crippen LogP contribution in [0.15, 0.2) is 35.9 Å². The zero-order valence-electron chi connectivity index (χ0n) is 14.6. The Morgan fingerprint density at radius 2 is 2.14 bits per heavy atom. The summed E-state index contributed by atoms with van der Waals surface area (Å²) >= 11 is 14.1. The molecule has 2 rings (SSSR count). The lowest BCUT2D eigenvalue weighted by atomic mass is 10.1. The van der Waals surface area contributed by atoms with E-state index in [9.17, 15) is 10.1 Å². The Bertz CT molecular complexity index is 1020. The van der Waals surface area contributed by atoms with Gasteiger partial charge in [-0.3, -0.25) is 4.79 Å². The Balaban J connectivity index is 2.34. The number of terminal acetylenes is 1. The molecule has 2 aromatic rings. The van der Waals surface area contributed by atoms with Crippen molar-refractivity contribution in [3.8, 4) is 29.9 Å². The summed E-state index contributed by atoms with van der Waals surface area (Å²) in [5.41, 5.74) is 0.773. The molecule has 0 heterocycles. The number of amides is 1. The molecule has 28 heavy (non-hydrogen) atoms. The fourth-order valence-corrected chi connectivity index (χ4v) is 3.31. The van der Waals surface area contributed by atoms with Gasteiger partial charge in [-0.15, -0.1) is 6.42 Å². The van der Waals surface area contributed by atoms with Crippen LogP contribution in [-0.2, 0) is 4.79 Å². The molecule has 0 aliphatic heterocycles. The average Bonchev–Trinajstić information content (AvgIpc) is 2.68. The molecule has 8 heteroatoms. The van der Waals surface area contributed by atoms with E-state index in [2.05, 4.69) is 33.8 Å². The van der Waals surface area contributed by atoms with Crippen molar-refractivity contribution in [1.82, 2.24) is 0 Å². The molecule has 0 fully saturated rings. The third-order valence-electron chi connectivity index (χ3n) is 3.43. The van der Waals surface area contributed by atoms with Crippen LogP contribution in [0.1, 0.15) is 5.56 Å². The fourth-order valence-electron chi connectivity index (χ4n) is 2.18. The van der Waals surface area contributed by atoms with Gasteiger partial charge in [0.2, 0.25) is 0 Å². The zero-order valence-corrected chi connectivity index (χ0v) is 18.2. The minimum Gasteiger partial charge on any atom is -0.493 e. The molecule has 0 atom stereocenters. The summed E-state index contributed by atoms with van der Waals surface area (Å²) < 4.78 is 11.5. The quantitative estimate of drug-likeness (QED) is 0.244. The van der Waals surface area contributed by atoms with E-state index in [1.165, 1.54) is 13.2 Å². The molecule has 0 spiro atoms. The van der Waals surface area contributed by atoms with Crippen LogP contribution in [0.2, 0.25) is 10.0 Å². The first-order valence-electron chi connectivity index (χ1n) is 7.72. The fraction of sp³-hybridized carbons (Fsp3) is 0.100. The van der Waals surface area contributed by atoms with Crippen LogP contribution in [0.4, 0.5) is 5.69 Å². The zero-order chi connectivity index (χ0) is 20.7. The summed E-state index contributed by atoms with van der Waals surface area (Å²) in [6, 6.07) is 10.1. The molecule has 0 aliphatic carbocycles. The number of methoxy groups -OCH3 is 1. The highest BCUT2D eigenvalue weighted by atomic mass is 127. The molecular weight excluding hydrogens is 514 g/mol. The van der Waals surface area contributed by atoms with Crippen LogP contribution in [-0.4, -0.2) is 19.6 Å². The number of hydrogen-bond acceptors (Lipinski definition) is 4. The molecule has 2 aromatic carbocycles. The number of nitrogens with one attached hydrogen (secondary N) is 1. The van der Waals surface area contributed by atoms with Crippen LogP contribution in [0, 0.1) is 27.2 Å². The molecule has 0 aliphatic rings. The lowest BCUT2D eigenvalue weighted by Crippen LogP contribution is -2.13. The average molecular weight is 527 g/mol. The Morgan fingerprint density at radius 3 is 2.79 bits per heavy atom. The van der Waals surface area contributed by atoms with Crippen LogP contribution >= 0.6 is 45.8 Å². The molecule has 0 unspecified atom stereocenters. The normalized spacial score (nSPS) is 10.6. The molecule has 0 saturated carbocycles. The van der Waals surface area contributed by atoms with Crippen LogP contribution in [0.3, 0.4) is 0 Å². The summed E-state index contributed by atoms with van der Waals surface area (Å²) in [4.78, 5) is 12.5. The molecule has 5 nitrogen and oxygen atoms in total. The maximum atomic E-state index is 12.5. The Hall–Kier alpha value is -2.39. The van der Waals surface area contributed by atoms with Gasteiger partial charge in [-0.05, 0) is 58.5 Å². The molecule has 1 N–H and O–H groups in total. The molecule has 0 radical (unpaired) electrons. The van der Waals surface area contributed by atoms with E-state index in [1.807, 2.05) is 6.07 Å². The summed E-state index contributed by atoms with van der Waals surface area (Å²) in [7, 11) is 1.49. The number of hydrogen-bond donors (Lipinski definition) is 1. The highest BCUT2D eigenvalue weighted by molar-refractivity contribution is 14.1. The molecule has 0 bridgehead atoms. The van der Waals surface area contributed by atoms with Crippen molar-refractivity contribution in [3.63, 3.8) is 0 Å². The van der Waals surface area contributed by atoms with Crippen molar-refractivity contribution < 1.29 is 14.3 Å². The third-order valence-corrected chi connectivity index (χ3v) is 5.05. The highest BCUT2D eigenvalue weighted by Gasteiger charge is 2.15. The standard InChI is InChI=1S/C20H13Cl2IN2O3/c1-3-7-28-19-15(23)9-12(10-17(19)27-2)8-13(11-24)20(26)25-16-6-4-5-14(21)18(16)22/h1,4-6,8-10H,7H2,2H3,(H,25,26)/b13-8-. The summed E-state index contributed by atoms with van der Waals surface area (Å²) in [6.45, 7) is 0.0911. The van der Waals surface area contributed by atoms with E-state index >= 15 is 0 Å². The Morgan fingerprint density at radius 1 is 1.39 bits per heavy atom. The van der Waals surface area contributed by atoms with Crippen molar-refractivity contribution in [2.24, 2.45) is 0 Å². The van der Waals surface area contributed by atoms with Gasteiger partial charge in [0.1, 0.15) is 18.2 Å². The van der Waals surface area contributed by atoms with Gasteiger partial charge in [0.15, 0.2) is 11.5 Å². The molecule has 142 valence electrons. The SMILES string of the molecule is C#CCOc1c(I)cc(/C=C(/C#N)C(=O)Nc2cccc(Cl)c2Cl)cc1OC. The van der Waals surface area contributed by atoms with E-state index in [0.717, 1.165) is 0 Å². The van der Waals surface area contributed by atoms with Gasteiger partial charge < -0.3 is 14.8 Å². The van der Waals surface area contributed by atoms with Gasteiger partial charge in [0.25, 0.3) is 5.91 Å². The highest BCUT2D eigenvalue weighted by Crippen LogP contribution is 2.35. The van der Waals surface area contributed by atoms with Crippen molar-refractivity contribution >= 4 is 63.5 Å². The van der Waals surface area contributed by atoms with Gasteiger partial charge in [0.05, 0.1) is 26.4 Å². The molecule has 0 saturated heterocycles. The van der Waals surface area contributed by atoms with E-state index in [1.54, 1.807) is 30.3 Å². The smallest absolute Gasteiger partial charge is 0.266 e. The predicted molar refractivity (Wildman–Crippen MR) is 119 cm³/mol. The van der Waals surface area contributed by atoms with E-state index in [-0.39, 0.29) is 17.2 Å². The molecule has 0 aromatic heterocycles. The Kier molecular flexibility index (Phi) is 8.01. The van der Waals surface area contributed by atoms with Gasteiger partial charge in [-0.2, -0.15) is 5.26 Å². The second-order valence-corrected chi connectivity index (χ2v) is 7.20. The van der Waals surface area contributed by atoms with E-state index < -0.39 is 5.91 Å². The number of rotatable bonds is 6. The maximum Gasteiger partial charge on any atom is 0.266 e. The number of anilines is 1. The van der Waals surface area contributed by atoms with Gasteiger partial charge in [-0.1, -0.05) is 35.2 Å². The second kappa shape index (κ2) is 10.2. The van der Waals surface area contributed by atoms with Crippen molar-refractivity contribution in [2.45, 2.75) is 0 Å². The van der Waals surface area contributed by atoms with Gasteiger partial charge in [-0.25, -0.2) is 0 Å². The number of carbonyl (C=O) groups is 1. The summed E-state index contributed by atoms with van der Waals surface area (Å²) in [5, 5.41) is 12.5. The summed E-state index contributed by atoms with van der Waals surface area (Å²) in [6.07, 6.45) is 6.66. The van der Waals surface area contributed by atoms with Gasteiger partial charge >= 0.3 is 0 Å². The number of ether oxygens (including phenoxy) is 2. The van der Waals surface area contributed by atoms with E-state index in [0.29, 0.717) is 31.3 Å². The second-order valence-electron chi connectivity index (χ2n) is 5.25. The van der Waals surface area contributed by atoms with Crippen LogP contribution < -0.4 is 14.8 Å². The minimum atomic E-state index is -0.617. The number of halogens is 3. The third kappa shape index (κ3) is 5.32. The monoisotopic (exact) mass is 526 g/mol. The van der Waals surface area contributed by atoms with Crippen molar-refractivity contribution in [3.05, 3.63) is 55.1 Å². The lowest BCUT2D eigenvalue weighted by molar-refractivity contribution is -0.112. The van der Waals surface area contributed by atoms with Crippen molar-refractivity contribution in [2.75, 3.05) is 19.0 Å². The maximum absolute atomic E-state index is 12.5. The van der Waals surface area contributed by atoms with Gasteiger partial charge in [0, 0.05) is 0 Å². The van der Waals surface area contributed by atoms with Crippen molar-refractivity contribution in [1.29, 1.82) is 5.26 Å². The predicted octanol–water partition coefficient (Wildman–Crippen LogP) is 5.16. The summed E-state index contributed by atoms with van der Waals surface area (Å²) in [5.74, 6) is 2.70. The topological polar surface area (TPSA) is 71.3 Å². The van der Waals surface area contributed by atoms with E-state index in [4.69, 9.17) is 39.1 Å². The number of carbonyl (C=O) groups excluding carboxylic acids is 1. The first kappa shape index (κ1) is 21.9. The molecule has 1 amide bonds.